The van der Waals surface area contributed by atoms with E-state index in [4.69, 9.17) is 0 Å². The number of benzene rings is 1. The summed E-state index contributed by atoms with van der Waals surface area (Å²) in [4.78, 5) is 0. The predicted molar refractivity (Wildman–Crippen MR) is 68.1 cm³/mol. The van der Waals surface area contributed by atoms with Gasteiger partial charge in [-0.15, -0.1) is 0 Å². The third kappa shape index (κ3) is 4.85. The molecule has 1 aromatic rings. The van der Waals surface area contributed by atoms with Crippen molar-refractivity contribution in [3.63, 3.8) is 0 Å². The minimum atomic E-state index is -3.21. The van der Waals surface area contributed by atoms with Gasteiger partial charge in [0.2, 0.25) is 10.0 Å². The second kappa shape index (κ2) is 6.14. The molecule has 0 radical (unpaired) electrons. The average Bonchev–Trinajstić information content (AvgIpc) is 2.29. The van der Waals surface area contributed by atoms with E-state index in [1.54, 1.807) is 13.8 Å². The molecule has 0 fully saturated rings. The molecule has 0 aliphatic rings. The summed E-state index contributed by atoms with van der Waals surface area (Å²) in [7, 11) is -3.21. The Bertz CT molecular complexity index is 430. The van der Waals surface area contributed by atoms with E-state index in [1.807, 2.05) is 30.3 Å². The Kier molecular flexibility index (Phi) is 5.11. The smallest absolute Gasteiger partial charge is 0.211 e. The van der Waals surface area contributed by atoms with Crippen molar-refractivity contribution in [3.8, 4) is 0 Å². The van der Waals surface area contributed by atoms with Crippen LogP contribution in [0.1, 0.15) is 31.9 Å². The van der Waals surface area contributed by atoms with Crippen LogP contribution in [0.15, 0.2) is 30.3 Å². The molecule has 0 amide bonds. The van der Waals surface area contributed by atoms with Gasteiger partial charge in [0, 0.05) is 6.04 Å². The highest BCUT2D eigenvalue weighted by Gasteiger charge is 2.16. The van der Waals surface area contributed by atoms with E-state index in [0.717, 1.165) is 5.56 Å². The Balaban J connectivity index is 2.55. The van der Waals surface area contributed by atoms with Crippen LogP contribution in [0.5, 0.6) is 0 Å². The summed E-state index contributed by atoms with van der Waals surface area (Å²) in [6.07, 6.45) is -0.283. The Morgan fingerprint density at radius 3 is 2.41 bits per heavy atom. The van der Waals surface area contributed by atoms with Crippen molar-refractivity contribution >= 4 is 10.0 Å². The number of nitrogens with one attached hydrogen (secondary N) is 1. The van der Waals surface area contributed by atoms with Crippen molar-refractivity contribution in [2.24, 2.45) is 0 Å². The van der Waals surface area contributed by atoms with E-state index < -0.39 is 16.1 Å². The number of hydrogen-bond acceptors (Lipinski definition) is 3. The molecule has 96 valence electrons. The zero-order valence-electron chi connectivity index (χ0n) is 10.1. The lowest BCUT2D eigenvalue weighted by atomic mass is 10.0. The van der Waals surface area contributed by atoms with Crippen molar-refractivity contribution in [1.82, 2.24) is 4.72 Å². The number of aliphatic hydroxyl groups is 1. The van der Waals surface area contributed by atoms with Crippen molar-refractivity contribution in [3.05, 3.63) is 35.9 Å². The van der Waals surface area contributed by atoms with Crippen molar-refractivity contribution in [2.45, 2.75) is 32.4 Å². The first-order valence-corrected chi connectivity index (χ1v) is 7.33. The molecule has 1 rings (SSSR count). The Morgan fingerprint density at radius 1 is 1.29 bits per heavy atom. The second-order valence-corrected chi connectivity index (χ2v) is 6.13. The summed E-state index contributed by atoms with van der Waals surface area (Å²) in [5.74, 6) is 0.0543. The van der Waals surface area contributed by atoms with Crippen LogP contribution < -0.4 is 4.72 Å². The van der Waals surface area contributed by atoms with Crippen LogP contribution in [-0.4, -0.2) is 25.3 Å². The maximum Gasteiger partial charge on any atom is 0.211 e. The van der Waals surface area contributed by atoms with Gasteiger partial charge in [-0.3, -0.25) is 0 Å². The molecule has 0 spiro atoms. The molecule has 0 aromatic heterocycles. The Hall–Kier alpha value is -0.910. The van der Waals surface area contributed by atoms with Crippen LogP contribution >= 0.6 is 0 Å². The number of sulfonamides is 1. The van der Waals surface area contributed by atoms with Gasteiger partial charge in [0.15, 0.2) is 0 Å². The highest BCUT2D eigenvalue weighted by molar-refractivity contribution is 7.89. The van der Waals surface area contributed by atoms with Crippen molar-refractivity contribution < 1.29 is 13.5 Å². The van der Waals surface area contributed by atoms with Gasteiger partial charge in [-0.1, -0.05) is 30.3 Å². The molecule has 5 heteroatoms. The Labute approximate surface area is 103 Å². The summed E-state index contributed by atoms with van der Waals surface area (Å²) >= 11 is 0. The first-order valence-electron chi connectivity index (χ1n) is 5.67. The van der Waals surface area contributed by atoms with Gasteiger partial charge in [0.25, 0.3) is 0 Å². The summed E-state index contributed by atoms with van der Waals surface area (Å²) in [6, 6.07) is 8.94. The molecule has 0 heterocycles. The fourth-order valence-electron chi connectivity index (χ4n) is 1.58. The number of hydrogen-bond donors (Lipinski definition) is 2. The molecule has 17 heavy (non-hydrogen) atoms. The molecule has 0 saturated carbocycles. The molecule has 0 aliphatic heterocycles. The van der Waals surface area contributed by atoms with Gasteiger partial charge in [0.1, 0.15) is 0 Å². The number of rotatable bonds is 6. The Morgan fingerprint density at radius 2 is 1.88 bits per heavy atom. The van der Waals surface area contributed by atoms with Crippen LogP contribution in [0.2, 0.25) is 0 Å². The maximum atomic E-state index is 11.3. The molecule has 0 bridgehead atoms. The van der Waals surface area contributed by atoms with Gasteiger partial charge in [-0.05, 0) is 25.8 Å². The van der Waals surface area contributed by atoms with E-state index in [1.165, 1.54) is 0 Å². The van der Waals surface area contributed by atoms with E-state index in [2.05, 4.69) is 4.72 Å². The molecule has 1 aromatic carbocycles. The standard InChI is InChI=1S/C12H19NO3S/c1-3-17(15,16)13-10(2)9-12(14)11-7-5-4-6-8-11/h4-8,10,12-14H,3,9H2,1-2H3/t10-,12-/m0/s1. The lowest BCUT2D eigenvalue weighted by Crippen LogP contribution is -2.34. The largest absolute Gasteiger partial charge is 0.388 e. The second-order valence-electron chi connectivity index (χ2n) is 4.08. The zero-order chi connectivity index (χ0) is 12.9. The summed E-state index contributed by atoms with van der Waals surface area (Å²) in [5, 5.41) is 9.93. The quantitative estimate of drug-likeness (QED) is 0.810. The van der Waals surface area contributed by atoms with E-state index >= 15 is 0 Å². The van der Waals surface area contributed by atoms with E-state index in [0.29, 0.717) is 6.42 Å². The van der Waals surface area contributed by atoms with Gasteiger partial charge in [-0.2, -0.15) is 0 Å². The van der Waals surface area contributed by atoms with Crippen LogP contribution in [0.3, 0.4) is 0 Å². The van der Waals surface area contributed by atoms with Crippen LogP contribution in [0, 0.1) is 0 Å². The fourth-order valence-corrected chi connectivity index (χ4v) is 2.46. The monoisotopic (exact) mass is 257 g/mol. The van der Waals surface area contributed by atoms with Crippen molar-refractivity contribution in [2.75, 3.05) is 5.75 Å². The van der Waals surface area contributed by atoms with Gasteiger partial charge in [-0.25, -0.2) is 13.1 Å². The molecule has 0 unspecified atom stereocenters. The van der Waals surface area contributed by atoms with E-state index in [-0.39, 0.29) is 11.8 Å². The topological polar surface area (TPSA) is 66.4 Å². The lowest BCUT2D eigenvalue weighted by Gasteiger charge is -2.17. The summed E-state index contributed by atoms with van der Waals surface area (Å²) in [5.41, 5.74) is 0.801. The van der Waals surface area contributed by atoms with Crippen molar-refractivity contribution in [1.29, 1.82) is 0 Å². The first kappa shape index (κ1) is 14.2. The third-order valence-electron chi connectivity index (χ3n) is 2.52. The zero-order valence-corrected chi connectivity index (χ0v) is 10.9. The minimum absolute atomic E-state index is 0.0543. The maximum absolute atomic E-state index is 11.3. The minimum Gasteiger partial charge on any atom is -0.388 e. The molecule has 0 saturated heterocycles. The van der Waals surface area contributed by atoms with Crippen LogP contribution in [0.25, 0.3) is 0 Å². The molecule has 2 atom stereocenters. The molecular weight excluding hydrogens is 238 g/mol. The van der Waals surface area contributed by atoms with E-state index in [9.17, 15) is 13.5 Å². The van der Waals surface area contributed by atoms with Gasteiger partial charge >= 0.3 is 0 Å². The van der Waals surface area contributed by atoms with Gasteiger partial charge in [0.05, 0.1) is 11.9 Å². The summed E-state index contributed by atoms with van der Waals surface area (Å²) in [6.45, 7) is 3.34. The van der Waals surface area contributed by atoms with Gasteiger partial charge < -0.3 is 5.11 Å². The summed E-state index contributed by atoms with van der Waals surface area (Å²) < 4.78 is 25.2. The normalized spacial score (nSPS) is 15.5. The molecular formula is C12H19NO3S. The molecule has 2 N–H and O–H groups in total. The molecule has 0 aliphatic carbocycles. The van der Waals surface area contributed by atoms with Crippen LogP contribution in [0.4, 0.5) is 0 Å². The highest BCUT2D eigenvalue weighted by atomic mass is 32.2. The van der Waals surface area contributed by atoms with Crippen LogP contribution in [-0.2, 0) is 10.0 Å². The SMILES string of the molecule is CCS(=O)(=O)N[C@@H](C)C[C@H](O)c1ccccc1. The predicted octanol–water partition coefficient (Wildman–Crippen LogP) is 1.44. The highest BCUT2D eigenvalue weighted by Crippen LogP contribution is 2.17. The number of aliphatic hydroxyl groups excluding tert-OH is 1. The molecule has 4 nitrogen and oxygen atoms in total. The third-order valence-corrected chi connectivity index (χ3v) is 4.04. The fraction of sp³-hybridized carbons (Fsp3) is 0.500. The first-order chi connectivity index (χ1) is 7.94. The lowest BCUT2D eigenvalue weighted by molar-refractivity contribution is 0.158. The average molecular weight is 257 g/mol.